The summed E-state index contributed by atoms with van der Waals surface area (Å²) in [5, 5.41) is 8.85. The third-order valence-electron chi connectivity index (χ3n) is 4.70. The molecule has 0 saturated heterocycles. The van der Waals surface area contributed by atoms with E-state index in [2.05, 4.69) is 0 Å². The second-order valence-electron chi connectivity index (χ2n) is 6.97. The Morgan fingerprint density at radius 3 is 1.54 bits per heavy atom. The van der Waals surface area contributed by atoms with E-state index in [-0.39, 0.29) is 19.0 Å². The molecule has 0 fully saturated rings. The standard InChI is InChI=1S/C21H29NO5S/c1-16(2)21(15-23)28(24,25)22(13-17-5-9-19(26-3)10-6-17)14-18-7-11-20(27-4)12-8-18/h5-12,16,21,23H,13-15H2,1-4H3. The fraction of sp³-hybridized carbons (Fsp3) is 0.429. The fourth-order valence-electron chi connectivity index (χ4n) is 2.95. The summed E-state index contributed by atoms with van der Waals surface area (Å²) in [4.78, 5) is 0. The van der Waals surface area contributed by atoms with E-state index in [0.29, 0.717) is 11.5 Å². The maximum Gasteiger partial charge on any atom is 0.220 e. The number of aliphatic hydroxyl groups is 1. The molecule has 0 aromatic heterocycles. The van der Waals surface area contributed by atoms with Crippen LogP contribution in [0.15, 0.2) is 48.5 Å². The lowest BCUT2D eigenvalue weighted by molar-refractivity contribution is 0.260. The van der Waals surface area contributed by atoms with E-state index in [4.69, 9.17) is 9.47 Å². The molecule has 2 aromatic carbocycles. The Hall–Kier alpha value is -2.09. The van der Waals surface area contributed by atoms with Crippen molar-refractivity contribution < 1.29 is 23.0 Å². The minimum Gasteiger partial charge on any atom is -0.497 e. The van der Waals surface area contributed by atoms with Crippen LogP contribution < -0.4 is 9.47 Å². The Kier molecular flexibility index (Phi) is 7.86. The fourth-order valence-corrected chi connectivity index (χ4v) is 4.86. The minimum absolute atomic E-state index is 0.204. The third kappa shape index (κ3) is 5.47. The zero-order valence-corrected chi connectivity index (χ0v) is 17.6. The monoisotopic (exact) mass is 407 g/mol. The van der Waals surface area contributed by atoms with E-state index < -0.39 is 21.9 Å². The number of rotatable bonds is 10. The van der Waals surface area contributed by atoms with E-state index in [1.54, 1.807) is 52.3 Å². The zero-order valence-electron chi connectivity index (χ0n) is 16.8. The second kappa shape index (κ2) is 9.91. The van der Waals surface area contributed by atoms with Gasteiger partial charge in [0.2, 0.25) is 10.0 Å². The minimum atomic E-state index is -3.72. The van der Waals surface area contributed by atoms with Crippen molar-refractivity contribution in [3.63, 3.8) is 0 Å². The predicted octanol–water partition coefficient (Wildman–Crippen LogP) is 3.05. The molecule has 0 radical (unpaired) electrons. The van der Waals surface area contributed by atoms with E-state index >= 15 is 0 Å². The van der Waals surface area contributed by atoms with Crippen molar-refractivity contribution in [2.75, 3.05) is 20.8 Å². The Bertz CT molecular complexity index is 783. The molecule has 2 rings (SSSR count). The van der Waals surface area contributed by atoms with Crippen molar-refractivity contribution >= 4 is 10.0 Å². The Balaban J connectivity index is 2.34. The van der Waals surface area contributed by atoms with Crippen molar-refractivity contribution in [2.45, 2.75) is 32.2 Å². The van der Waals surface area contributed by atoms with Gasteiger partial charge < -0.3 is 14.6 Å². The summed E-state index contributed by atoms with van der Waals surface area (Å²) in [6.07, 6.45) is 0. The number of hydrogen-bond donors (Lipinski definition) is 1. The van der Waals surface area contributed by atoms with Crippen LogP contribution in [-0.2, 0) is 23.1 Å². The van der Waals surface area contributed by atoms with Gasteiger partial charge in [-0.2, -0.15) is 4.31 Å². The summed E-state index contributed by atoms with van der Waals surface area (Å²) in [5.74, 6) is 1.22. The quantitative estimate of drug-likeness (QED) is 0.655. The smallest absolute Gasteiger partial charge is 0.220 e. The number of nitrogens with zero attached hydrogens (tertiary/aromatic N) is 1. The molecule has 7 heteroatoms. The molecule has 28 heavy (non-hydrogen) atoms. The molecule has 2 aromatic rings. The van der Waals surface area contributed by atoms with Crippen LogP contribution in [0.25, 0.3) is 0 Å². The number of benzene rings is 2. The molecule has 1 atom stereocenters. The summed E-state index contributed by atoms with van der Waals surface area (Å²) >= 11 is 0. The van der Waals surface area contributed by atoms with Gasteiger partial charge in [-0.05, 0) is 41.3 Å². The Labute approximate surface area is 167 Å². The first-order valence-corrected chi connectivity index (χ1v) is 10.7. The Morgan fingerprint density at radius 2 is 1.25 bits per heavy atom. The highest BCUT2D eigenvalue weighted by atomic mass is 32.2. The summed E-state index contributed by atoms with van der Waals surface area (Å²) < 4.78 is 38.3. The van der Waals surface area contributed by atoms with Crippen LogP contribution >= 0.6 is 0 Å². The summed E-state index contributed by atoms with van der Waals surface area (Å²) in [6, 6.07) is 14.6. The molecule has 0 aliphatic carbocycles. The summed E-state index contributed by atoms with van der Waals surface area (Å²) in [6.45, 7) is 3.61. The topological polar surface area (TPSA) is 76.1 Å². The molecule has 0 saturated carbocycles. The van der Waals surface area contributed by atoms with Gasteiger partial charge in [0.05, 0.1) is 20.8 Å². The lowest BCUT2D eigenvalue weighted by Gasteiger charge is -2.29. The SMILES string of the molecule is COc1ccc(CN(Cc2ccc(OC)cc2)S(=O)(=O)C(CO)C(C)C)cc1. The van der Waals surface area contributed by atoms with E-state index in [9.17, 15) is 13.5 Å². The third-order valence-corrected chi connectivity index (χ3v) is 7.14. The highest BCUT2D eigenvalue weighted by molar-refractivity contribution is 7.89. The number of methoxy groups -OCH3 is 2. The highest BCUT2D eigenvalue weighted by Crippen LogP contribution is 2.23. The maximum atomic E-state index is 13.3. The molecule has 1 N–H and O–H groups in total. The molecule has 154 valence electrons. The van der Waals surface area contributed by atoms with Crippen LogP contribution in [-0.4, -0.2) is 43.9 Å². The van der Waals surface area contributed by atoms with Crippen LogP contribution in [0.3, 0.4) is 0 Å². The average Bonchev–Trinajstić information content (AvgIpc) is 2.68. The van der Waals surface area contributed by atoms with Gasteiger partial charge in [-0.1, -0.05) is 38.1 Å². The van der Waals surface area contributed by atoms with Gasteiger partial charge in [0.25, 0.3) is 0 Å². The first kappa shape index (κ1) is 22.2. The predicted molar refractivity (Wildman–Crippen MR) is 110 cm³/mol. The highest BCUT2D eigenvalue weighted by Gasteiger charge is 2.34. The lowest BCUT2D eigenvalue weighted by atomic mass is 10.1. The van der Waals surface area contributed by atoms with E-state index in [0.717, 1.165) is 11.1 Å². The molecule has 1 unspecified atom stereocenters. The van der Waals surface area contributed by atoms with Crippen LogP contribution in [0, 0.1) is 5.92 Å². The normalized spacial score (nSPS) is 13.0. The van der Waals surface area contributed by atoms with E-state index in [1.165, 1.54) is 4.31 Å². The molecular weight excluding hydrogens is 378 g/mol. The number of hydrogen-bond acceptors (Lipinski definition) is 5. The van der Waals surface area contributed by atoms with Gasteiger partial charge in [0, 0.05) is 13.1 Å². The molecule has 0 aliphatic rings. The van der Waals surface area contributed by atoms with Gasteiger partial charge >= 0.3 is 0 Å². The lowest BCUT2D eigenvalue weighted by Crippen LogP contribution is -2.42. The van der Waals surface area contributed by atoms with Crippen LogP contribution in [0.4, 0.5) is 0 Å². The van der Waals surface area contributed by atoms with Gasteiger partial charge in [-0.25, -0.2) is 8.42 Å². The second-order valence-corrected chi connectivity index (χ2v) is 9.13. The van der Waals surface area contributed by atoms with Crippen molar-refractivity contribution in [3.05, 3.63) is 59.7 Å². The summed E-state index contributed by atoms with van der Waals surface area (Å²) in [5.41, 5.74) is 1.69. The van der Waals surface area contributed by atoms with Gasteiger partial charge in [0.15, 0.2) is 0 Å². The molecule has 0 bridgehead atoms. The zero-order chi connectivity index (χ0) is 20.7. The first-order valence-electron chi connectivity index (χ1n) is 9.17. The van der Waals surface area contributed by atoms with Crippen molar-refractivity contribution in [3.8, 4) is 11.5 Å². The largest absolute Gasteiger partial charge is 0.497 e. The Morgan fingerprint density at radius 1 is 0.857 bits per heavy atom. The average molecular weight is 408 g/mol. The summed E-state index contributed by atoms with van der Waals surface area (Å²) in [7, 11) is -0.545. The van der Waals surface area contributed by atoms with Crippen LogP contribution in [0.1, 0.15) is 25.0 Å². The molecule has 0 heterocycles. The number of sulfonamides is 1. The molecule has 0 spiro atoms. The number of ether oxygens (including phenoxy) is 2. The maximum absolute atomic E-state index is 13.3. The molecule has 0 aliphatic heterocycles. The van der Waals surface area contributed by atoms with Crippen molar-refractivity contribution in [1.82, 2.24) is 4.31 Å². The van der Waals surface area contributed by atoms with Gasteiger partial charge in [-0.15, -0.1) is 0 Å². The molecular formula is C21H29NO5S. The van der Waals surface area contributed by atoms with Gasteiger partial charge in [0.1, 0.15) is 16.7 Å². The molecule has 6 nitrogen and oxygen atoms in total. The molecule has 0 amide bonds. The van der Waals surface area contributed by atoms with Crippen molar-refractivity contribution in [2.24, 2.45) is 5.92 Å². The first-order chi connectivity index (χ1) is 13.3. The van der Waals surface area contributed by atoms with Crippen LogP contribution in [0.2, 0.25) is 0 Å². The van der Waals surface area contributed by atoms with Crippen LogP contribution in [0.5, 0.6) is 11.5 Å². The number of aliphatic hydroxyl groups excluding tert-OH is 1. The van der Waals surface area contributed by atoms with Crippen molar-refractivity contribution in [1.29, 1.82) is 0 Å². The van der Waals surface area contributed by atoms with Gasteiger partial charge in [-0.3, -0.25) is 0 Å². The van der Waals surface area contributed by atoms with E-state index in [1.807, 2.05) is 24.3 Å².